The van der Waals surface area contributed by atoms with Gasteiger partial charge in [0.2, 0.25) is 5.95 Å². The number of anilines is 1. The summed E-state index contributed by atoms with van der Waals surface area (Å²) in [7, 11) is 3.46. The Morgan fingerprint density at radius 3 is 2.68 bits per heavy atom. The van der Waals surface area contributed by atoms with Crippen LogP contribution in [0, 0.1) is 6.92 Å². The van der Waals surface area contributed by atoms with Crippen LogP contribution in [0.15, 0.2) is 45.8 Å². The number of nitrogens with one attached hydrogen (secondary N) is 2. The molecule has 0 unspecified atom stereocenters. The molecule has 2 N–H and O–H groups in total. The molecule has 142 valence electrons. The number of amides is 1. The van der Waals surface area contributed by atoms with Crippen LogP contribution in [0.5, 0.6) is 0 Å². The molecule has 28 heavy (non-hydrogen) atoms. The van der Waals surface area contributed by atoms with Crippen LogP contribution in [-0.4, -0.2) is 30.2 Å². The Kier molecular flexibility index (Phi) is 4.38. The van der Waals surface area contributed by atoms with Crippen molar-refractivity contribution in [3.8, 4) is 11.3 Å². The first-order valence-electron chi connectivity index (χ1n) is 8.50. The highest BCUT2D eigenvalue weighted by Crippen LogP contribution is 2.23. The number of aromatic nitrogens is 5. The fraction of sp³-hybridized carbons (Fsp3) is 0.158. The fourth-order valence-electron chi connectivity index (χ4n) is 3.03. The van der Waals surface area contributed by atoms with Gasteiger partial charge in [0.25, 0.3) is 11.5 Å². The van der Waals surface area contributed by atoms with Gasteiger partial charge in [0.15, 0.2) is 0 Å². The third-order valence-electron chi connectivity index (χ3n) is 4.50. The molecule has 0 atom stereocenters. The maximum absolute atomic E-state index is 12.8. The second kappa shape index (κ2) is 6.75. The van der Waals surface area contributed by atoms with Crippen molar-refractivity contribution in [2.75, 3.05) is 5.32 Å². The maximum Gasteiger partial charge on any atom is 0.275 e. The lowest BCUT2D eigenvalue weighted by atomic mass is 10.1. The molecule has 0 bridgehead atoms. The summed E-state index contributed by atoms with van der Waals surface area (Å²) in [4.78, 5) is 33.9. The lowest BCUT2D eigenvalue weighted by Crippen LogP contribution is -2.17. The highest BCUT2D eigenvalue weighted by molar-refractivity contribution is 9.10. The van der Waals surface area contributed by atoms with Crippen LogP contribution in [0.2, 0.25) is 0 Å². The lowest BCUT2D eigenvalue weighted by molar-refractivity contribution is 0.102. The number of aryl methyl sites for hydroxylation is 3. The van der Waals surface area contributed by atoms with Gasteiger partial charge in [-0.1, -0.05) is 15.9 Å². The van der Waals surface area contributed by atoms with Gasteiger partial charge < -0.3 is 9.67 Å². The summed E-state index contributed by atoms with van der Waals surface area (Å²) in [5, 5.41) is 5.66. The maximum atomic E-state index is 12.8. The van der Waals surface area contributed by atoms with E-state index in [0.29, 0.717) is 28.5 Å². The molecule has 4 aromatic rings. The van der Waals surface area contributed by atoms with Crippen molar-refractivity contribution in [2.24, 2.45) is 14.1 Å². The summed E-state index contributed by atoms with van der Waals surface area (Å²) in [5.74, 6) is 0.114. The molecule has 0 spiro atoms. The van der Waals surface area contributed by atoms with E-state index in [1.54, 1.807) is 32.3 Å². The molecule has 0 fully saturated rings. The number of imidazole rings is 1. The molecule has 0 saturated heterocycles. The minimum absolute atomic E-state index is 0.203. The Morgan fingerprint density at radius 2 is 1.96 bits per heavy atom. The van der Waals surface area contributed by atoms with E-state index in [1.807, 2.05) is 29.8 Å². The standard InChI is InChI=1S/C19H17BrN6O2/c1-10-6-11(7-15(22-10)13-9-21-26(3)18(13)28)17(27)24-19-23-14-5-4-12(20)8-16(14)25(19)2/h4-9,21H,1-3H3,(H,23,24,27). The van der Waals surface area contributed by atoms with Crippen molar-refractivity contribution in [3.05, 3.63) is 62.6 Å². The summed E-state index contributed by atoms with van der Waals surface area (Å²) < 4.78 is 4.11. The SMILES string of the molecule is Cc1cc(C(=O)Nc2nc3ccc(Br)cc3n2C)cc(-c2c[nH]n(C)c2=O)n1. The number of nitrogens with zero attached hydrogens (tertiary/aromatic N) is 4. The van der Waals surface area contributed by atoms with Gasteiger partial charge in [-0.25, -0.2) is 4.98 Å². The van der Waals surface area contributed by atoms with E-state index >= 15 is 0 Å². The summed E-state index contributed by atoms with van der Waals surface area (Å²) >= 11 is 3.44. The van der Waals surface area contributed by atoms with Gasteiger partial charge in [-0.2, -0.15) is 0 Å². The van der Waals surface area contributed by atoms with Crippen molar-refractivity contribution in [3.63, 3.8) is 0 Å². The van der Waals surface area contributed by atoms with Gasteiger partial charge >= 0.3 is 0 Å². The Morgan fingerprint density at radius 1 is 1.18 bits per heavy atom. The van der Waals surface area contributed by atoms with Crippen molar-refractivity contribution in [2.45, 2.75) is 6.92 Å². The third kappa shape index (κ3) is 3.13. The highest BCUT2D eigenvalue weighted by atomic mass is 79.9. The lowest BCUT2D eigenvalue weighted by Gasteiger charge is -2.07. The number of aromatic amines is 1. The second-order valence-corrected chi connectivity index (χ2v) is 7.43. The first kappa shape index (κ1) is 18.2. The van der Waals surface area contributed by atoms with Gasteiger partial charge in [0.1, 0.15) is 0 Å². The van der Waals surface area contributed by atoms with Crippen LogP contribution in [0.3, 0.4) is 0 Å². The molecule has 8 nitrogen and oxygen atoms in total. The van der Waals surface area contributed by atoms with E-state index in [2.05, 4.69) is 36.3 Å². The van der Waals surface area contributed by atoms with Crippen LogP contribution in [0.4, 0.5) is 5.95 Å². The summed E-state index contributed by atoms with van der Waals surface area (Å²) in [6, 6.07) is 9.00. The van der Waals surface area contributed by atoms with Gasteiger partial charge in [-0.15, -0.1) is 0 Å². The summed E-state index contributed by atoms with van der Waals surface area (Å²) in [5.41, 5.74) is 3.37. The monoisotopic (exact) mass is 440 g/mol. The molecule has 4 rings (SSSR count). The number of carbonyl (C=O) groups excluding carboxylic acids is 1. The number of rotatable bonds is 3. The predicted molar refractivity (Wildman–Crippen MR) is 110 cm³/mol. The molecule has 0 radical (unpaired) electrons. The van der Waals surface area contributed by atoms with E-state index in [9.17, 15) is 9.59 Å². The number of pyridine rings is 1. The molecule has 0 aliphatic rings. The van der Waals surface area contributed by atoms with Crippen molar-refractivity contribution < 1.29 is 4.79 Å². The molecule has 3 heterocycles. The molecule has 0 aliphatic carbocycles. The minimum atomic E-state index is -0.323. The summed E-state index contributed by atoms with van der Waals surface area (Å²) in [6.07, 6.45) is 1.58. The van der Waals surface area contributed by atoms with Gasteiger partial charge in [-0.05, 0) is 37.3 Å². The fourth-order valence-corrected chi connectivity index (χ4v) is 3.38. The zero-order chi connectivity index (χ0) is 20.0. The quantitative estimate of drug-likeness (QED) is 0.511. The van der Waals surface area contributed by atoms with Crippen LogP contribution in [-0.2, 0) is 14.1 Å². The number of hydrogen-bond donors (Lipinski definition) is 2. The Labute approximate surface area is 168 Å². The first-order valence-corrected chi connectivity index (χ1v) is 9.29. The number of benzene rings is 1. The van der Waals surface area contributed by atoms with Gasteiger partial charge in [0, 0.05) is 36.0 Å². The van der Waals surface area contributed by atoms with Crippen LogP contribution >= 0.6 is 15.9 Å². The molecular formula is C19H17BrN6O2. The smallest absolute Gasteiger partial charge is 0.275 e. The zero-order valence-corrected chi connectivity index (χ0v) is 17.0. The van der Waals surface area contributed by atoms with Gasteiger partial charge in [-0.3, -0.25) is 24.6 Å². The topological polar surface area (TPSA) is 97.6 Å². The Balaban J connectivity index is 1.70. The average Bonchev–Trinajstić information content (AvgIpc) is 3.15. The molecule has 1 amide bonds. The molecule has 0 saturated carbocycles. The summed E-state index contributed by atoms with van der Waals surface area (Å²) in [6.45, 7) is 1.78. The van der Waals surface area contributed by atoms with Crippen molar-refractivity contribution >= 4 is 38.8 Å². The van der Waals surface area contributed by atoms with E-state index in [0.717, 1.165) is 15.5 Å². The number of hydrogen-bond acceptors (Lipinski definition) is 4. The molecule has 9 heteroatoms. The van der Waals surface area contributed by atoms with E-state index < -0.39 is 0 Å². The molecule has 0 aliphatic heterocycles. The predicted octanol–water partition coefficient (Wildman–Crippen LogP) is 2.99. The van der Waals surface area contributed by atoms with Crippen LogP contribution in [0.1, 0.15) is 16.1 Å². The average molecular weight is 441 g/mol. The molecular weight excluding hydrogens is 424 g/mol. The third-order valence-corrected chi connectivity index (χ3v) is 4.99. The number of H-pyrrole nitrogens is 1. The number of halogens is 1. The zero-order valence-electron chi connectivity index (χ0n) is 15.4. The Bertz CT molecular complexity index is 1280. The second-order valence-electron chi connectivity index (χ2n) is 6.52. The Hall–Kier alpha value is -3.20. The van der Waals surface area contributed by atoms with Crippen molar-refractivity contribution in [1.82, 2.24) is 24.3 Å². The van der Waals surface area contributed by atoms with Crippen LogP contribution in [0.25, 0.3) is 22.3 Å². The molecule has 3 aromatic heterocycles. The minimum Gasteiger partial charge on any atom is -0.313 e. The first-order chi connectivity index (χ1) is 13.3. The van der Waals surface area contributed by atoms with Crippen molar-refractivity contribution in [1.29, 1.82) is 0 Å². The van der Waals surface area contributed by atoms with E-state index in [1.165, 1.54) is 4.68 Å². The van der Waals surface area contributed by atoms with Crippen LogP contribution < -0.4 is 10.9 Å². The highest BCUT2D eigenvalue weighted by Gasteiger charge is 2.16. The molecule has 1 aromatic carbocycles. The number of carbonyl (C=O) groups is 1. The normalized spacial score (nSPS) is 11.1. The number of fused-ring (bicyclic) bond motifs is 1. The van der Waals surface area contributed by atoms with E-state index in [-0.39, 0.29) is 11.5 Å². The largest absolute Gasteiger partial charge is 0.313 e. The van der Waals surface area contributed by atoms with E-state index in [4.69, 9.17) is 0 Å². The van der Waals surface area contributed by atoms with Gasteiger partial charge in [0.05, 0.1) is 22.3 Å².